The van der Waals surface area contributed by atoms with E-state index in [0.717, 1.165) is 37.8 Å². The summed E-state index contributed by atoms with van der Waals surface area (Å²) in [6, 6.07) is 10.2. The number of hydrogen-bond acceptors (Lipinski definition) is 3. The number of nitrogens with zero attached hydrogens (tertiary/aromatic N) is 3. The Kier molecular flexibility index (Phi) is 5.08. The average Bonchev–Trinajstić information content (AvgIpc) is 3.04. The van der Waals surface area contributed by atoms with E-state index in [2.05, 4.69) is 17.2 Å². The molecule has 1 amide bonds. The van der Waals surface area contributed by atoms with Crippen molar-refractivity contribution in [2.45, 2.75) is 31.6 Å². The van der Waals surface area contributed by atoms with E-state index >= 15 is 0 Å². The topological polar surface area (TPSA) is 58.4 Å². The molecule has 5 nitrogen and oxygen atoms in total. The van der Waals surface area contributed by atoms with E-state index in [4.69, 9.17) is 5.11 Å². The van der Waals surface area contributed by atoms with Crippen LogP contribution in [0, 0.1) is 0 Å². The van der Waals surface area contributed by atoms with Gasteiger partial charge in [0.05, 0.1) is 18.5 Å². The predicted molar refractivity (Wildman–Crippen MR) is 88.6 cm³/mol. The Labute approximate surface area is 136 Å². The van der Waals surface area contributed by atoms with Crippen LogP contribution in [0.5, 0.6) is 0 Å². The summed E-state index contributed by atoms with van der Waals surface area (Å²) in [5.74, 6) is 0.442. The van der Waals surface area contributed by atoms with E-state index in [1.165, 1.54) is 11.3 Å². The van der Waals surface area contributed by atoms with Gasteiger partial charge in [0.1, 0.15) is 0 Å². The fraction of sp³-hybridized carbons (Fsp3) is 0.444. The van der Waals surface area contributed by atoms with Gasteiger partial charge in [0, 0.05) is 18.8 Å². The zero-order chi connectivity index (χ0) is 16.1. The van der Waals surface area contributed by atoms with E-state index in [1.54, 1.807) is 4.90 Å². The van der Waals surface area contributed by atoms with Crippen LogP contribution in [0.3, 0.4) is 0 Å². The van der Waals surface area contributed by atoms with Gasteiger partial charge in [-0.1, -0.05) is 18.2 Å². The van der Waals surface area contributed by atoms with Gasteiger partial charge in [-0.2, -0.15) is 5.10 Å². The van der Waals surface area contributed by atoms with Gasteiger partial charge in [-0.25, -0.2) is 4.68 Å². The minimum Gasteiger partial charge on any atom is -0.395 e. The van der Waals surface area contributed by atoms with E-state index in [1.807, 2.05) is 29.1 Å². The van der Waals surface area contributed by atoms with Crippen molar-refractivity contribution in [2.75, 3.05) is 19.7 Å². The normalized spacial score (nSPS) is 16.8. The molecule has 0 aliphatic heterocycles. The SMILES string of the molecule is O=CN(CCO)CC[C@H]1CCCc2c1cnn2-c1ccccc1. The third-order valence-electron chi connectivity index (χ3n) is 4.61. The molecule has 0 saturated heterocycles. The molecule has 0 radical (unpaired) electrons. The first-order valence-electron chi connectivity index (χ1n) is 8.26. The van der Waals surface area contributed by atoms with Crippen molar-refractivity contribution < 1.29 is 9.90 Å². The molecular weight excluding hydrogens is 290 g/mol. The van der Waals surface area contributed by atoms with Gasteiger partial charge in [-0.05, 0) is 49.3 Å². The zero-order valence-electron chi connectivity index (χ0n) is 13.3. The molecule has 5 heteroatoms. The lowest BCUT2D eigenvalue weighted by Gasteiger charge is -2.25. The monoisotopic (exact) mass is 313 g/mol. The number of rotatable bonds is 7. The van der Waals surface area contributed by atoms with Crippen LogP contribution >= 0.6 is 0 Å². The van der Waals surface area contributed by atoms with Crippen LogP contribution in [0.4, 0.5) is 0 Å². The van der Waals surface area contributed by atoms with Crippen LogP contribution < -0.4 is 0 Å². The summed E-state index contributed by atoms with van der Waals surface area (Å²) < 4.78 is 2.05. The maximum Gasteiger partial charge on any atom is 0.209 e. The minimum atomic E-state index is 0.0145. The Balaban J connectivity index is 1.76. The molecule has 3 rings (SSSR count). The number of benzene rings is 1. The first-order valence-corrected chi connectivity index (χ1v) is 8.26. The molecule has 2 aromatic rings. The lowest BCUT2D eigenvalue weighted by molar-refractivity contribution is -0.118. The molecule has 1 heterocycles. The first-order chi connectivity index (χ1) is 11.3. The van der Waals surface area contributed by atoms with Gasteiger partial charge < -0.3 is 10.0 Å². The van der Waals surface area contributed by atoms with Gasteiger partial charge in [-0.3, -0.25) is 4.79 Å². The maximum atomic E-state index is 11.0. The molecule has 122 valence electrons. The average molecular weight is 313 g/mol. The molecule has 1 aromatic carbocycles. The van der Waals surface area contributed by atoms with Crippen LogP contribution in [0.25, 0.3) is 5.69 Å². The summed E-state index contributed by atoms with van der Waals surface area (Å²) in [7, 11) is 0. The number of carbonyl (C=O) groups excluding carboxylic acids is 1. The predicted octanol–water partition coefficient (Wildman–Crippen LogP) is 2.13. The highest BCUT2D eigenvalue weighted by atomic mass is 16.3. The molecule has 1 aliphatic rings. The zero-order valence-corrected chi connectivity index (χ0v) is 13.3. The highest BCUT2D eigenvalue weighted by Gasteiger charge is 2.25. The van der Waals surface area contributed by atoms with Crippen LogP contribution in [0.2, 0.25) is 0 Å². The van der Waals surface area contributed by atoms with E-state index in [0.29, 0.717) is 19.0 Å². The Morgan fingerprint density at radius 3 is 2.87 bits per heavy atom. The number of para-hydroxylation sites is 1. The molecule has 1 aromatic heterocycles. The van der Waals surface area contributed by atoms with Crippen molar-refractivity contribution in [1.82, 2.24) is 14.7 Å². The molecule has 1 aliphatic carbocycles. The number of aliphatic hydroxyl groups excluding tert-OH is 1. The smallest absolute Gasteiger partial charge is 0.209 e. The van der Waals surface area contributed by atoms with Crippen LogP contribution in [0.1, 0.15) is 36.4 Å². The van der Waals surface area contributed by atoms with Crippen molar-refractivity contribution in [1.29, 1.82) is 0 Å². The second kappa shape index (κ2) is 7.42. The number of aromatic nitrogens is 2. The summed E-state index contributed by atoms with van der Waals surface area (Å²) in [5.41, 5.74) is 3.71. The molecule has 0 fully saturated rings. The molecule has 1 N–H and O–H groups in total. The summed E-state index contributed by atoms with van der Waals surface area (Å²) in [6.45, 7) is 1.11. The van der Waals surface area contributed by atoms with Crippen molar-refractivity contribution in [3.8, 4) is 5.69 Å². The Hall–Kier alpha value is -2.14. The largest absolute Gasteiger partial charge is 0.395 e. The van der Waals surface area contributed by atoms with Gasteiger partial charge >= 0.3 is 0 Å². The number of carbonyl (C=O) groups is 1. The third kappa shape index (κ3) is 3.45. The second-order valence-electron chi connectivity index (χ2n) is 6.04. The van der Waals surface area contributed by atoms with Crippen molar-refractivity contribution in [2.24, 2.45) is 0 Å². The van der Waals surface area contributed by atoms with Gasteiger partial charge in [0.2, 0.25) is 6.41 Å². The summed E-state index contributed by atoms with van der Waals surface area (Å²) in [6.07, 6.45) is 7.08. The van der Waals surface area contributed by atoms with Crippen LogP contribution in [0.15, 0.2) is 36.5 Å². The van der Waals surface area contributed by atoms with Gasteiger partial charge in [-0.15, -0.1) is 0 Å². The van der Waals surface area contributed by atoms with Crippen molar-refractivity contribution in [3.05, 3.63) is 47.8 Å². The Bertz CT molecular complexity index is 639. The highest BCUT2D eigenvalue weighted by Crippen LogP contribution is 2.34. The van der Waals surface area contributed by atoms with Gasteiger partial charge in [0.15, 0.2) is 0 Å². The number of fused-ring (bicyclic) bond motifs is 1. The minimum absolute atomic E-state index is 0.0145. The van der Waals surface area contributed by atoms with E-state index in [9.17, 15) is 4.79 Å². The lowest BCUT2D eigenvalue weighted by atomic mass is 9.84. The molecule has 0 spiro atoms. The number of amides is 1. The Morgan fingerprint density at radius 2 is 2.13 bits per heavy atom. The summed E-state index contributed by atoms with van der Waals surface area (Å²) in [5, 5.41) is 13.6. The number of aliphatic hydroxyl groups is 1. The molecule has 0 saturated carbocycles. The summed E-state index contributed by atoms with van der Waals surface area (Å²) >= 11 is 0. The third-order valence-corrected chi connectivity index (χ3v) is 4.61. The highest BCUT2D eigenvalue weighted by molar-refractivity contribution is 5.47. The second-order valence-corrected chi connectivity index (χ2v) is 6.04. The lowest BCUT2D eigenvalue weighted by Crippen LogP contribution is -2.28. The van der Waals surface area contributed by atoms with Crippen molar-refractivity contribution >= 4 is 6.41 Å². The van der Waals surface area contributed by atoms with E-state index in [-0.39, 0.29) is 6.61 Å². The molecule has 0 bridgehead atoms. The van der Waals surface area contributed by atoms with Gasteiger partial charge in [0.25, 0.3) is 0 Å². The number of hydrogen-bond donors (Lipinski definition) is 1. The maximum absolute atomic E-state index is 11.0. The first kappa shape index (κ1) is 15.7. The Morgan fingerprint density at radius 1 is 1.30 bits per heavy atom. The molecule has 0 unspecified atom stereocenters. The van der Waals surface area contributed by atoms with Crippen LogP contribution in [-0.4, -0.2) is 45.9 Å². The fourth-order valence-corrected chi connectivity index (χ4v) is 3.41. The van der Waals surface area contributed by atoms with Crippen LogP contribution in [-0.2, 0) is 11.2 Å². The fourth-order valence-electron chi connectivity index (χ4n) is 3.41. The quantitative estimate of drug-likeness (QED) is 0.797. The molecule has 23 heavy (non-hydrogen) atoms. The van der Waals surface area contributed by atoms with E-state index < -0.39 is 0 Å². The van der Waals surface area contributed by atoms with Crippen molar-refractivity contribution in [3.63, 3.8) is 0 Å². The summed E-state index contributed by atoms with van der Waals surface area (Å²) in [4.78, 5) is 12.6. The molecular formula is C18H23N3O2. The standard InChI is InChI=1S/C18H23N3O2/c22-12-11-20(14-23)10-9-15-5-4-8-18-17(15)13-19-21(18)16-6-2-1-3-7-16/h1-3,6-7,13-15,22H,4-5,8-12H2/t15-/m1/s1. The molecule has 1 atom stereocenters.